The second-order valence-electron chi connectivity index (χ2n) is 6.93. The first-order valence-corrected chi connectivity index (χ1v) is 7.55. The predicted octanol–water partition coefficient (Wildman–Crippen LogP) is 2.07. The van der Waals surface area contributed by atoms with Crippen molar-refractivity contribution in [2.45, 2.75) is 38.9 Å². The predicted molar refractivity (Wildman–Crippen MR) is 86.2 cm³/mol. The highest BCUT2D eigenvalue weighted by molar-refractivity contribution is 6.62. The van der Waals surface area contributed by atoms with Gasteiger partial charge in [-0.3, -0.25) is 0 Å². The summed E-state index contributed by atoms with van der Waals surface area (Å²) in [4.78, 5) is 1.98. The van der Waals surface area contributed by atoms with Crippen molar-refractivity contribution in [1.82, 2.24) is 4.90 Å². The van der Waals surface area contributed by atoms with Crippen molar-refractivity contribution in [3.63, 3.8) is 0 Å². The van der Waals surface area contributed by atoms with Crippen LogP contribution in [0.3, 0.4) is 0 Å². The fraction of sp³-hybridized carbons (Fsp3) is 0.625. The molecule has 122 valence electrons. The lowest BCUT2D eigenvalue weighted by molar-refractivity contribution is 0.00578. The number of rotatable bonds is 5. The molecule has 0 atom stereocenters. The molecule has 0 amide bonds. The third-order valence-corrected chi connectivity index (χ3v) is 4.28. The number of likely N-dealkylation sites (N-methyl/N-ethyl adjacent to an activating group) is 1. The first-order valence-electron chi connectivity index (χ1n) is 7.55. The van der Waals surface area contributed by atoms with Gasteiger partial charge in [-0.1, -0.05) is 6.07 Å². The van der Waals surface area contributed by atoms with Crippen LogP contribution in [0.15, 0.2) is 18.2 Å². The highest BCUT2D eigenvalue weighted by atomic mass is 19.1. The maximum absolute atomic E-state index is 14.2. The van der Waals surface area contributed by atoms with Gasteiger partial charge in [-0.15, -0.1) is 0 Å². The number of halogens is 1. The number of nitrogens with zero attached hydrogens (tertiary/aromatic N) is 1. The van der Waals surface area contributed by atoms with Gasteiger partial charge in [0.05, 0.1) is 11.2 Å². The maximum atomic E-state index is 14.2. The van der Waals surface area contributed by atoms with Gasteiger partial charge in [0, 0.05) is 6.54 Å². The Morgan fingerprint density at radius 3 is 2.23 bits per heavy atom. The Bertz CT molecular complexity index is 518. The zero-order chi connectivity index (χ0) is 16.5. The molecule has 0 N–H and O–H groups in total. The van der Waals surface area contributed by atoms with Gasteiger partial charge in [0.15, 0.2) is 11.6 Å². The summed E-state index contributed by atoms with van der Waals surface area (Å²) in [7, 11) is 3.33. The van der Waals surface area contributed by atoms with Crippen LogP contribution in [0.1, 0.15) is 27.7 Å². The highest BCUT2D eigenvalue weighted by Crippen LogP contribution is 2.36. The summed E-state index contributed by atoms with van der Waals surface area (Å²) in [6.45, 7) is 9.08. The molecule has 1 heterocycles. The van der Waals surface area contributed by atoms with Crippen molar-refractivity contribution in [2.24, 2.45) is 0 Å². The molecule has 0 aliphatic carbocycles. The lowest BCUT2D eigenvalue weighted by Gasteiger charge is -2.32. The second kappa shape index (κ2) is 6.18. The van der Waals surface area contributed by atoms with E-state index < -0.39 is 24.1 Å². The molecular weight excluding hydrogens is 284 g/mol. The van der Waals surface area contributed by atoms with Gasteiger partial charge >= 0.3 is 7.12 Å². The first kappa shape index (κ1) is 17.3. The molecular formula is C16H25BFNO3. The highest BCUT2D eigenvalue weighted by Gasteiger charge is 2.51. The summed E-state index contributed by atoms with van der Waals surface area (Å²) in [6.07, 6.45) is 0. The van der Waals surface area contributed by atoms with Gasteiger partial charge in [-0.05, 0) is 59.4 Å². The maximum Gasteiger partial charge on any atom is 0.494 e. The minimum absolute atomic E-state index is 0.252. The Hall–Kier alpha value is -1.11. The Morgan fingerprint density at radius 2 is 1.73 bits per heavy atom. The molecule has 4 nitrogen and oxygen atoms in total. The van der Waals surface area contributed by atoms with Crippen molar-refractivity contribution in [1.29, 1.82) is 0 Å². The van der Waals surface area contributed by atoms with E-state index in [0.29, 0.717) is 12.1 Å². The van der Waals surface area contributed by atoms with E-state index >= 15 is 0 Å². The zero-order valence-electron chi connectivity index (χ0n) is 14.3. The van der Waals surface area contributed by atoms with Gasteiger partial charge in [0.1, 0.15) is 6.61 Å². The lowest BCUT2D eigenvalue weighted by Crippen LogP contribution is -2.41. The zero-order valence-corrected chi connectivity index (χ0v) is 14.3. The SMILES string of the molecule is CN(C)CCOc1ccc(B2OC(C)(C)C(C)(C)O2)cc1F. The van der Waals surface area contributed by atoms with E-state index in [9.17, 15) is 4.39 Å². The van der Waals surface area contributed by atoms with Crippen LogP contribution >= 0.6 is 0 Å². The molecule has 6 heteroatoms. The van der Waals surface area contributed by atoms with Crippen molar-refractivity contribution in [2.75, 3.05) is 27.2 Å². The van der Waals surface area contributed by atoms with Gasteiger partial charge in [-0.25, -0.2) is 4.39 Å². The molecule has 0 radical (unpaired) electrons. The average molecular weight is 309 g/mol. The van der Waals surface area contributed by atoms with Crippen LogP contribution in [0.2, 0.25) is 0 Å². The number of hydrogen-bond acceptors (Lipinski definition) is 4. The van der Waals surface area contributed by atoms with Crippen molar-refractivity contribution in [3.05, 3.63) is 24.0 Å². The minimum atomic E-state index is -0.560. The molecule has 1 aliphatic rings. The van der Waals surface area contributed by atoms with Crippen LogP contribution in [0.4, 0.5) is 4.39 Å². The first-order chi connectivity index (χ1) is 10.1. The van der Waals surface area contributed by atoms with Gasteiger partial charge in [0.2, 0.25) is 0 Å². The van der Waals surface area contributed by atoms with Crippen molar-refractivity contribution in [3.8, 4) is 5.75 Å². The molecule has 1 aromatic carbocycles. The fourth-order valence-corrected chi connectivity index (χ4v) is 2.10. The van der Waals surface area contributed by atoms with Crippen molar-refractivity contribution >= 4 is 12.6 Å². The topological polar surface area (TPSA) is 30.9 Å². The van der Waals surface area contributed by atoms with Gasteiger partial charge < -0.3 is 18.9 Å². The van der Waals surface area contributed by atoms with Crippen LogP contribution in [0, 0.1) is 5.82 Å². The normalized spacial score (nSPS) is 19.7. The molecule has 1 aliphatic heterocycles. The quantitative estimate of drug-likeness (QED) is 0.779. The van der Waals surface area contributed by atoms with E-state index in [1.807, 2.05) is 46.7 Å². The second-order valence-corrected chi connectivity index (χ2v) is 6.93. The van der Waals surface area contributed by atoms with E-state index in [4.69, 9.17) is 14.0 Å². The van der Waals surface area contributed by atoms with Crippen LogP contribution in [-0.2, 0) is 9.31 Å². The summed E-state index contributed by atoms with van der Waals surface area (Å²) in [5, 5.41) is 0. The molecule has 0 saturated carbocycles. The Labute approximate surface area is 132 Å². The Morgan fingerprint density at radius 1 is 1.14 bits per heavy atom. The minimum Gasteiger partial charge on any atom is -0.489 e. The number of hydrogen-bond donors (Lipinski definition) is 0. The molecule has 0 spiro atoms. The van der Waals surface area contributed by atoms with Crippen LogP contribution in [-0.4, -0.2) is 50.5 Å². The molecule has 0 bridgehead atoms. The third kappa shape index (κ3) is 3.62. The summed E-state index contributed by atoms with van der Waals surface area (Å²) in [5.74, 6) is -0.145. The van der Waals surface area contributed by atoms with E-state index in [-0.39, 0.29) is 5.75 Å². The van der Waals surface area contributed by atoms with Crippen LogP contribution in [0.5, 0.6) is 5.75 Å². The Balaban J connectivity index is 2.07. The summed E-state index contributed by atoms with van der Waals surface area (Å²) in [6, 6.07) is 4.84. The molecule has 22 heavy (non-hydrogen) atoms. The van der Waals surface area contributed by atoms with E-state index in [2.05, 4.69) is 0 Å². The molecule has 1 saturated heterocycles. The van der Waals surface area contributed by atoms with Gasteiger partial charge in [0.25, 0.3) is 0 Å². The van der Waals surface area contributed by atoms with Gasteiger partial charge in [-0.2, -0.15) is 0 Å². The number of benzene rings is 1. The van der Waals surface area contributed by atoms with E-state index in [0.717, 1.165) is 6.54 Å². The molecule has 2 rings (SSSR count). The van der Waals surface area contributed by atoms with Crippen molar-refractivity contribution < 1.29 is 18.4 Å². The average Bonchev–Trinajstić information content (AvgIpc) is 2.60. The Kier molecular flexibility index (Phi) is 4.85. The lowest BCUT2D eigenvalue weighted by atomic mass is 9.79. The van der Waals surface area contributed by atoms with Crippen LogP contribution in [0.25, 0.3) is 0 Å². The monoisotopic (exact) mass is 309 g/mol. The van der Waals surface area contributed by atoms with E-state index in [1.165, 1.54) is 6.07 Å². The standard InChI is InChI=1S/C16H25BFNO3/c1-15(2)16(3,4)22-17(21-15)12-7-8-14(13(18)11-12)20-10-9-19(5)6/h7-8,11H,9-10H2,1-6H3. The molecule has 1 aromatic rings. The third-order valence-electron chi connectivity index (χ3n) is 4.28. The molecule has 1 fully saturated rings. The number of ether oxygens (including phenoxy) is 1. The summed E-state index contributed by atoms with van der Waals surface area (Å²) in [5.41, 5.74) is -0.208. The fourth-order valence-electron chi connectivity index (χ4n) is 2.10. The summed E-state index contributed by atoms with van der Waals surface area (Å²) < 4.78 is 31.5. The summed E-state index contributed by atoms with van der Waals surface area (Å²) >= 11 is 0. The molecule has 0 unspecified atom stereocenters. The molecule has 0 aromatic heterocycles. The van der Waals surface area contributed by atoms with E-state index in [1.54, 1.807) is 12.1 Å². The van der Waals surface area contributed by atoms with Crippen LogP contribution < -0.4 is 10.2 Å². The smallest absolute Gasteiger partial charge is 0.489 e. The largest absolute Gasteiger partial charge is 0.494 e.